The van der Waals surface area contributed by atoms with Crippen molar-refractivity contribution in [3.8, 4) is 0 Å². The number of hydrogen-bond donors (Lipinski definition) is 1. The SMILES string of the molecule is O=C(CC1CCCC1)N[C@H](c1ccc(F)cc1)c1cccs1. The molecule has 0 aliphatic heterocycles. The molecule has 0 spiro atoms. The van der Waals surface area contributed by atoms with Crippen LogP contribution in [0.1, 0.15) is 48.6 Å². The standard InChI is InChI=1S/C18H20FNOS/c19-15-9-7-14(8-10-15)18(16-6-3-11-22-16)20-17(21)12-13-4-1-2-5-13/h3,6-11,13,18H,1-2,4-5,12H2,(H,20,21)/t18-/m1/s1. The van der Waals surface area contributed by atoms with E-state index in [-0.39, 0.29) is 17.8 Å². The van der Waals surface area contributed by atoms with Crippen LogP contribution < -0.4 is 5.32 Å². The van der Waals surface area contributed by atoms with Crippen LogP contribution in [0.3, 0.4) is 0 Å². The van der Waals surface area contributed by atoms with Gasteiger partial charge in [-0.2, -0.15) is 0 Å². The number of carbonyl (C=O) groups excluding carboxylic acids is 1. The molecule has 1 fully saturated rings. The van der Waals surface area contributed by atoms with E-state index in [1.54, 1.807) is 23.5 Å². The highest BCUT2D eigenvalue weighted by Gasteiger charge is 2.22. The molecule has 1 heterocycles. The van der Waals surface area contributed by atoms with E-state index >= 15 is 0 Å². The Morgan fingerprint density at radius 3 is 2.59 bits per heavy atom. The lowest BCUT2D eigenvalue weighted by Gasteiger charge is -2.19. The van der Waals surface area contributed by atoms with E-state index in [0.29, 0.717) is 12.3 Å². The van der Waals surface area contributed by atoms with Crippen LogP contribution in [0.2, 0.25) is 0 Å². The Kier molecular flexibility index (Phi) is 4.88. The number of rotatable bonds is 5. The molecule has 1 N–H and O–H groups in total. The van der Waals surface area contributed by atoms with Gasteiger partial charge in [0.1, 0.15) is 5.82 Å². The van der Waals surface area contributed by atoms with E-state index in [1.165, 1.54) is 25.0 Å². The first-order chi connectivity index (χ1) is 10.7. The lowest BCUT2D eigenvalue weighted by atomic mass is 10.0. The maximum Gasteiger partial charge on any atom is 0.221 e. The van der Waals surface area contributed by atoms with Crippen LogP contribution in [0.25, 0.3) is 0 Å². The van der Waals surface area contributed by atoms with Gasteiger partial charge in [-0.15, -0.1) is 11.3 Å². The maximum absolute atomic E-state index is 13.1. The van der Waals surface area contributed by atoms with Gasteiger partial charge < -0.3 is 5.32 Å². The Labute approximate surface area is 134 Å². The van der Waals surface area contributed by atoms with E-state index in [9.17, 15) is 9.18 Å². The van der Waals surface area contributed by atoms with Gasteiger partial charge in [-0.3, -0.25) is 4.79 Å². The second-order valence-corrected chi connectivity index (χ2v) is 6.90. The number of benzene rings is 1. The number of amides is 1. The molecule has 22 heavy (non-hydrogen) atoms. The minimum absolute atomic E-state index is 0.0922. The molecular formula is C18H20FNOS. The number of nitrogens with one attached hydrogen (secondary N) is 1. The van der Waals surface area contributed by atoms with Crippen molar-refractivity contribution in [2.24, 2.45) is 5.92 Å². The van der Waals surface area contributed by atoms with Crippen LogP contribution in [0.4, 0.5) is 4.39 Å². The van der Waals surface area contributed by atoms with Crippen molar-refractivity contribution in [2.45, 2.75) is 38.1 Å². The van der Waals surface area contributed by atoms with Crippen LogP contribution in [-0.2, 0) is 4.79 Å². The molecule has 0 unspecified atom stereocenters. The molecule has 116 valence electrons. The zero-order chi connectivity index (χ0) is 15.4. The molecular weight excluding hydrogens is 297 g/mol. The highest BCUT2D eigenvalue weighted by Crippen LogP contribution is 2.29. The predicted molar refractivity (Wildman–Crippen MR) is 87.3 cm³/mol. The fraction of sp³-hybridized carbons (Fsp3) is 0.389. The second-order valence-electron chi connectivity index (χ2n) is 5.92. The summed E-state index contributed by atoms with van der Waals surface area (Å²) >= 11 is 1.61. The minimum atomic E-state index is -0.258. The van der Waals surface area contributed by atoms with Crippen LogP contribution in [0.5, 0.6) is 0 Å². The third kappa shape index (κ3) is 3.74. The highest BCUT2D eigenvalue weighted by atomic mass is 32.1. The summed E-state index contributed by atoms with van der Waals surface area (Å²) in [6.45, 7) is 0. The summed E-state index contributed by atoms with van der Waals surface area (Å²) in [6, 6.07) is 10.2. The van der Waals surface area contributed by atoms with Crippen LogP contribution in [0, 0.1) is 11.7 Å². The van der Waals surface area contributed by atoms with Crippen LogP contribution >= 0.6 is 11.3 Å². The van der Waals surface area contributed by atoms with E-state index in [2.05, 4.69) is 5.32 Å². The van der Waals surface area contributed by atoms with Crippen molar-refractivity contribution >= 4 is 17.2 Å². The molecule has 1 aromatic heterocycles. The van der Waals surface area contributed by atoms with Gasteiger partial charge in [-0.05, 0) is 47.9 Å². The molecule has 1 saturated carbocycles. The highest BCUT2D eigenvalue weighted by molar-refractivity contribution is 7.10. The molecule has 1 amide bonds. The van der Waals surface area contributed by atoms with Gasteiger partial charge in [0.15, 0.2) is 0 Å². The van der Waals surface area contributed by atoms with E-state index < -0.39 is 0 Å². The Hall–Kier alpha value is -1.68. The summed E-state index contributed by atoms with van der Waals surface area (Å²) < 4.78 is 13.1. The Morgan fingerprint density at radius 2 is 1.95 bits per heavy atom. The molecule has 1 aromatic carbocycles. The molecule has 2 nitrogen and oxygen atoms in total. The second kappa shape index (κ2) is 7.05. The summed E-state index contributed by atoms with van der Waals surface area (Å²) in [5.41, 5.74) is 0.920. The third-order valence-corrected chi connectivity index (χ3v) is 5.22. The van der Waals surface area contributed by atoms with E-state index in [4.69, 9.17) is 0 Å². The molecule has 1 atom stereocenters. The van der Waals surface area contributed by atoms with Crippen molar-refractivity contribution in [1.82, 2.24) is 5.32 Å². The van der Waals surface area contributed by atoms with E-state index in [1.807, 2.05) is 17.5 Å². The van der Waals surface area contributed by atoms with Crippen molar-refractivity contribution in [3.05, 3.63) is 58.0 Å². The predicted octanol–water partition coefficient (Wildman–Crippen LogP) is 4.67. The summed E-state index contributed by atoms with van der Waals surface area (Å²) in [4.78, 5) is 13.4. The lowest BCUT2D eigenvalue weighted by Crippen LogP contribution is -2.30. The Bertz CT molecular complexity index is 603. The summed E-state index contributed by atoms with van der Waals surface area (Å²) in [7, 11) is 0. The lowest BCUT2D eigenvalue weighted by molar-refractivity contribution is -0.122. The van der Waals surface area contributed by atoms with Crippen LogP contribution in [0.15, 0.2) is 41.8 Å². The quantitative estimate of drug-likeness (QED) is 0.853. The molecule has 0 radical (unpaired) electrons. The van der Waals surface area contributed by atoms with Crippen molar-refractivity contribution in [2.75, 3.05) is 0 Å². The Morgan fingerprint density at radius 1 is 1.23 bits per heavy atom. The summed E-state index contributed by atoms with van der Waals surface area (Å²) in [6.07, 6.45) is 5.40. The topological polar surface area (TPSA) is 29.1 Å². The van der Waals surface area contributed by atoms with Gasteiger partial charge in [0.2, 0.25) is 5.91 Å². The molecule has 0 saturated heterocycles. The molecule has 1 aliphatic carbocycles. The average molecular weight is 317 g/mol. The average Bonchev–Trinajstić information content (AvgIpc) is 3.19. The van der Waals surface area contributed by atoms with Crippen LogP contribution in [-0.4, -0.2) is 5.91 Å². The van der Waals surface area contributed by atoms with Gasteiger partial charge in [0.05, 0.1) is 6.04 Å². The van der Waals surface area contributed by atoms with Gasteiger partial charge in [0, 0.05) is 11.3 Å². The monoisotopic (exact) mass is 317 g/mol. The molecule has 2 aromatic rings. The van der Waals surface area contributed by atoms with Gasteiger partial charge in [-0.1, -0.05) is 31.0 Å². The first kappa shape index (κ1) is 15.2. The fourth-order valence-electron chi connectivity index (χ4n) is 3.13. The first-order valence-electron chi connectivity index (χ1n) is 7.80. The van der Waals surface area contributed by atoms with Crippen molar-refractivity contribution < 1.29 is 9.18 Å². The third-order valence-electron chi connectivity index (χ3n) is 4.29. The number of hydrogen-bond acceptors (Lipinski definition) is 2. The summed E-state index contributed by atoms with van der Waals surface area (Å²) in [5, 5.41) is 5.13. The maximum atomic E-state index is 13.1. The first-order valence-corrected chi connectivity index (χ1v) is 8.68. The van der Waals surface area contributed by atoms with Crippen molar-refractivity contribution in [3.63, 3.8) is 0 Å². The minimum Gasteiger partial charge on any atom is -0.344 e. The number of thiophene rings is 1. The molecule has 4 heteroatoms. The van der Waals surface area contributed by atoms with Gasteiger partial charge in [-0.25, -0.2) is 4.39 Å². The Balaban J connectivity index is 1.74. The molecule has 0 bridgehead atoms. The summed E-state index contributed by atoms with van der Waals surface area (Å²) in [5.74, 6) is 0.359. The van der Waals surface area contributed by atoms with Gasteiger partial charge in [0.25, 0.3) is 0 Å². The largest absolute Gasteiger partial charge is 0.344 e. The zero-order valence-electron chi connectivity index (χ0n) is 12.4. The fourth-order valence-corrected chi connectivity index (χ4v) is 3.93. The molecule has 3 rings (SSSR count). The smallest absolute Gasteiger partial charge is 0.221 e. The zero-order valence-corrected chi connectivity index (χ0v) is 13.2. The number of halogens is 1. The van der Waals surface area contributed by atoms with E-state index in [0.717, 1.165) is 23.3 Å². The van der Waals surface area contributed by atoms with Gasteiger partial charge >= 0.3 is 0 Å². The molecule has 1 aliphatic rings. The van der Waals surface area contributed by atoms with Crippen molar-refractivity contribution in [1.29, 1.82) is 0 Å². The number of carbonyl (C=O) groups is 1. The normalized spacial score (nSPS) is 16.6.